The third-order valence-corrected chi connectivity index (χ3v) is 10.3. The molecule has 2 aromatic rings. The van der Waals surface area contributed by atoms with Crippen LogP contribution in [0.25, 0.3) is 0 Å². The van der Waals surface area contributed by atoms with E-state index in [9.17, 15) is 22.5 Å². The van der Waals surface area contributed by atoms with Crippen molar-refractivity contribution in [3.8, 4) is 5.75 Å². The van der Waals surface area contributed by atoms with Gasteiger partial charge >= 0.3 is 0 Å². The van der Waals surface area contributed by atoms with E-state index >= 15 is 0 Å². The standard InChI is InChI=1S/C29H43N3O7S2/c1-22(2)19-31(40(35)26-12-10-25(38-4)11-13-26)20-28(33)27(18-24-8-6-5-7-9-24)30-29(34)23(3)21-41(36,37)32-14-16-39-17-15-32/h5-13,22-23,27-28,33H,14-21H2,1-4H3,(H,30,34)/t23-,27+,28-,40?/m1/s1. The van der Waals surface area contributed by atoms with Gasteiger partial charge in [-0.2, -0.15) is 4.31 Å². The van der Waals surface area contributed by atoms with Crippen LogP contribution in [0.4, 0.5) is 0 Å². The Morgan fingerprint density at radius 3 is 2.29 bits per heavy atom. The van der Waals surface area contributed by atoms with Crippen LogP contribution in [0.2, 0.25) is 0 Å². The highest BCUT2D eigenvalue weighted by atomic mass is 32.2. The second kappa shape index (κ2) is 15.8. The fraction of sp³-hybridized carbons (Fsp3) is 0.552. The van der Waals surface area contributed by atoms with Crippen molar-refractivity contribution in [2.45, 2.75) is 44.2 Å². The molecule has 0 saturated carbocycles. The number of aliphatic hydroxyl groups excluding tert-OH is 1. The van der Waals surface area contributed by atoms with E-state index in [0.29, 0.717) is 36.8 Å². The van der Waals surface area contributed by atoms with Crippen LogP contribution in [0.1, 0.15) is 26.3 Å². The van der Waals surface area contributed by atoms with Crippen molar-refractivity contribution in [1.82, 2.24) is 13.9 Å². The number of aliphatic hydroxyl groups is 1. The molecule has 1 heterocycles. The number of carbonyl (C=O) groups is 1. The zero-order chi connectivity index (χ0) is 30.0. The lowest BCUT2D eigenvalue weighted by molar-refractivity contribution is -0.125. The maximum absolute atomic E-state index is 13.6. The minimum atomic E-state index is -3.65. The maximum atomic E-state index is 13.6. The molecule has 41 heavy (non-hydrogen) atoms. The first-order valence-corrected chi connectivity index (χ1v) is 16.6. The van der Waals surface area contributed by atoms with E-state index in [0.717, 1.165) is 5.56 Å². The van der Waals surface area contributed by atoms with Crippen molar-refractivity contribution in [2.24, 2.45) is 11.8 Å². The lowest BCUT2D eigenvalue weighted by Crippen LogP contribution is -2.52. The normalized spacial score (nSPS) is 17.6. The summed E-state index contributed by atoms with van der Waals surface area (Å²) in [5.41, 5.74) is 0.900. The van der Waals surface area contributed by atoms with Crippen LogP contribution in [0, 0.1) is 11.8 Å². The summed E-state index contributed by atoms with van der Waals surface area (Å²) in [7, 11) is -3.65. The molecule has 1 fully saturated rings. The third kappa shape index (κ3) is 10.2. The van der Waals surface area contributed by atoms with Gasteiger partial charge in [-0.3, -0.25) is 4.79 Å². The average Bonchev–Trinajstić information content (AvgIpc) is 2.96. The number of hydrogen-bond acceptors (Lipinski definition) is 7. The predicted molar refractivity (Wildman–Crippen MR) is 159 cm³/mol. The molecule has 1 aliphatic rings. The summed E-state index contributed by atoms with van der Waals surface area (Å²) in [5.74, 6) is -0.830. The van der Waals surface area contributed by atoms with Crippen molar-refractivity contribution in [2.75, 3.05) is 52.3 Å². The van der Waals surface area contributed by atoms with Crippen LogP contribution in [0.5, 0.6) is 5.75 Å². The fourth-order valence-corrected chi connectivity index (χ4v) is 7.68. The number of morpholine rings is 1. The Morgan fingerprint density at radius 1 is 1.07 bits per heavy atom. The monoisotopic (exact) mass is 609 g/mol. The largest absolute Gasteiger partial charge is 0.497 e. The second-order valence-corrected chi connectivity index (χ2v) is 14.2. The summed E-state index contributed by atoms with van der Waals surface area (Å²) in [5, 5.41) is 14.4. The van der Waals surface area contributed by atoms with E-state index in [4.69, 9.17) is 9.47 Å². The second-order valence-electron chi connectivity index (χ2n) is 10.7. The number of ether oxygens (including phenoxy) is 2. The number of rotatable bonds is 15. The molecule has 0 aromatic heterocycles. The summed E-state index contributed by atoms with van der Waals surface area (Å²) >= 11 is 0. The van der Waals surface area contributed by atoms with Gasteiger partial charge in [-0.05, 0) is 42.2 Å². The summed E-state index contributed by atoms with van der Waals surface area (Å²) < 4.78 is 52.9. The molecular weight excluding hydrogens is 566 g/mol. The van der Waals surface area contributed by atoms with Crippen LogP contribution in [0.15, 0.2) is 59.5 Å². The van der Waals surface area contributed by atoms with Crippen molar-refractivity contribution in [3.05, 3.63) is 60.2 Å². The Balaban J connectivity index is 1.76. The molecule has 1 aliphatic heterocycles. The number of amides is 1. The van der Waals surface area contributed by atoms with E-state index < -0.39 is 45.0 Å². The highest BCUT2D eigenvalue weighted by Crippen LogP contribution is 2.19. The van der Waals surface area contributed by atoms with Gasteiger partial charge in [0.15, 0.2) is 0 Å². The van der Waals surface area contributed by atoms with Crippen molar-refractivity contribution in [1.29, 1.82) is 0 Å². The number of nitrogens with one attached hydrogen (secondary N) is 1. The molecule has 2 N–H and O–H groups in total. The van der Waals surface area contributed by atoms with E-state index in [1.807, 2.05) is 44.2 Å². The number of sulfonamides is 1. The Morgan fingerprint density at radius 2 is 1.71 bits per heavy atom. The zero-order valence-electron chi connectivity index (χ0n) is 24.3. The summed E-state index contributed by atoms with van der Waals surface area (Å²) in [6.07, 6.45) is -0.760. The molecule has 0 aliphatic carbocycles. The predicted octanol–water partition coefficient (Wildman–Crippen LogP) is 2.06. The lowest BCUT2D eigenvalue weighted by atomic mass is 10.00. The molecular formula is C29H43N3O7S2. The highest BCUT2D eigenvalue weighted by molar-refractivity contribution is 7.89. The first-order chi connectivity index (χ1) is 19.5. The zero-order valence-corrected chi connectivity index (χ0v) is 25.9. The van der Waals surface area contributed by atoms with Crippen LogP contribution in [0.3, 0.4) is 0 Å². The molecule has 228 valence electrons. The molecule has 0 radical (unpaired) electrons. The molecule has 1 amide bonds. The van der Waals surface area contributed by atoms with E-state index in [-0.39, 0.29) is 31.3 Å². The maximum Gasteiger partial charge on any atom is 0.224 e. The summed E-state index contributed by atoms with van der Waals surface area (Å²) in [6, 6.07) is 15.6. The van der Waals surface area contributed by atoms with E-state index in [2.05, 4.69) is 5.32 Å². The van der Waals surface area contributed by atoms with Gasteiger partial charge in [0, 0.05) is 26.2 Å². The van der Waals surface area contributed by atoms with Gasteiger partial charge in [0.25, 0.3) is 0 Å². The van der Waals surface area contributed by atoms with Crippen molar-refractivity contribution >= 4 is 26.9 Å². The molecule has 0 bridgehead atoms. The fourth-order valence-electron chi connectivity index (χ4n) is 4.59. The first-order valence-electron chi connectivity index (χ1n) is 13.9. The summed E-state index contributed by atoms with van der Waals surface area (Å²) in [4.78, 5) is 13.8. The Kier molecular flexibility index (Phi) is 12.7. The highest BCUT2D eigenvalue weighted by Gasteiger charge is 2.32. The molecule has 10 nitrogen and oxygen atoms in total. The van der Waals surface area contributed by atoms with Gasteiger partial charge in [0.2, 0.25) is 15.9 Å². The van der Waals surface area contributed by atoms with Gasteiger partial charge in [0.1, 0.15) is 16.7 Å². The van der Waals surface area contributed by atoms with Crippen LogP contribution >= 0.6 is 0 Å². The molecule has 12 heteroatoms. The van der Waals surface area contributed by atoms with Gasteiger partial charge in [-0.25, -0.2) is 16.9 Å². The Bertz CT molecular complexity index is 1220. The van der Waals surface area contributed by atoms with Crippen molar-refractivity contribution in [3.63, 3.8) is 0 Å². The molecule has 4 atom stereocenters. The Labute approximate surface area is 246 Å². The molecule has 1 saturated heterocycles. The molecule has 2 aromatic carbocycles. The molecule has 3 rings (SSSR count). The van der Waals surface area contributed by atoms with Gasteiger partial charge in [0.05, 0.1) is 49.0 Å². The molecule has 1 unspecified atom stereocenters. The van der Waals surface area contributed by atoms with Gasteiger partial charge in [-0.1, -0.05) is 51.1 Å². The van der Waals surface area contributed by atoms with Crippen molar-refractivity contribution < 1.29 is 32.0 Å². The van der Waals surface area contributed by atoms with Gasteiger partial charge < -0.3 is 19.9 Å². The minimum Gasteiger partial charge on any atom is -0.497 e. The third-order valence-electron chi connectivity index (χ3n) is 6.82. The topological polar surface area (TPSA) is 125 Å². The van der Waals surface area contributed by atoms with E-state index in [1.54, 1.807) is 42.6 Å². The summed E-state index contributed by atoms with van der Waals surface area (Å²) in [6.45, 7) is 7.26. The van der Waals surface area contributed by atoms with Crippen LogP contribution in [-0.4, -0.2) is 96.7 Å². The number of methoxy groups -OCH3 is 1. The van der Waals surface area contributed by atoms with Crippen LogP contribution < -0.4 is 10.1 Å². The average molecular weight is 610 g/mol. The smallest absolute Gasteiger partial charge is 0.224 e. The molecule has 0 spiro atoms. The van der Waals surface area contributed by atoms with Crippen LogP contribution in [-0.2, 0) is 37.0 Å². The number of carbonyl (C=O) groups excluding carboxylic acids is 1. The number of benzene rings is 2. The number of nitrogens with zero attached hydrogens (tertiary/aromatic N) is 2. The van der Waals surface area contributed by atoms with E-state index in [1.165, 1.54) is 4.31 Å². The lowest BCUT2D eigenvalue weighted by Gasteiger charge is -2.31. The van der Waals surface area contributed by atoms with Gasteiger partial charge in [-0.15, -0.1) is 0 Å². The minimum absolute atomic E-state index is 0.0368. The number of hydrogen-bond donors (Lipinski definition) is 2. The first kappa shape index (κ1) is 33.2. The SMILES string of the molecule is COc1ccc(S(=O)N(CC(C)C)C[C@@H](O)[C@H](Cc2ccccc2)NC(=O)[C@H](C)CS(=O)(=O)N2CCOCC2)cc1. The quantitative estimate of drug-likeness (QED) is 0.317. The Hall–Kier alpha value is -2.35.